The van der Waals surface area contributed by atoms with Crippen LogP contribution in [0.3, 0.4) is 0 Å². The van der Waals surface area contributed by atoms with Gasteiger partial charge in [-0.15, -0.1) is 12.4 Å². The van der Waals surface area contributed by atoms with Crippen LogP contribution in [0.1, 0.15) is 0 Å². The molecule has 0 amide bonds. The largest absolute Gasteiger partial charge is 0.492 e. The highest BCUT2D eigenvalue weighted by molar-refractivity contribution is 9.10. The highest BCUT2D eigenvalue weighted by Crippen LogP contribution is 2.17. The second-order valence-corrected chi connectivity index (χ2v) is 5.25. The van der Waals surface area contributed by atoms with Crippen molar-refractivity contribution in [2.45, 2.75) is 6.10 Å². The Morgan fingerprint density at radius 2 is 2.32 bits per heavy atom. The van der Waals surface area contributed by atoms with Crippen molar-refractivity contribution in [3.05, 3.63) is 28.7 Å². The fourth-order valence-electron chi connectivity index (χ4n) is 1.98. The molecule has 0 bridgehead atoms. The first kappa shape index (κ1) is 16.7. The maximum Gasteiger partial charge on any atom is 0.120 e. The average Bonchev–Trinajstić information content (AvgIpc) is 2.39. The molecule has 108 valence electrons. The van der Waals surface area contributed by atoms with E-state index in [9.17, 15) is 0 Å². The average molecular weight is 352 g/mol. The van der Waals surface area contributed by atoms with Gasteiger partial charge in [0.25, 0.3) is 0 Å². The molecule has 0 saturated carbocycles. The van der Waals surface area contributed by atoms with Crippen LogP contribution in [0.4, 0.5) is 0 Å². The first-order chi connectivity index (χ1) is 8.78. The van der Waals surface area contributed by atoms with E-state index < -0.39 is 0 Å². The zero-order valence-corrected chi connectivity index (χ0v) is 13.2. The Balaban J connectivity index is 0.00000180. The first-order valence-electron chi connectivity index (χ1n) is 6.20. The van der Waals surface area contributed by atoms with Gasteiger partial charge in [0.15, 0.2) is 0 Å². The predicted molar refractivity (Wildman–Crippen MR) is 82.1 cm³/mol. The van der Waals surface area contributed by atoms with E-state index in [0.29, 0.717) is 13.2 Å². The third-order valence-electron chi connectivity index (χ3n) is 2.96. The van der Waals surface area contributed by atoms with Crippen molar-refractivity contribution >= 4 is 28.3 Å². The number of hydrogen-bond donors (Lipinski definition) is 1. The summed E-state index contributed by atoms with van der Waals surface area (Å²) in [7, 11) is 0. The van der Waals surface area contributed by atoms with E-state index in [2.05, 4.69) is 20.8 Å². The molecule has 4 nitrogen and oxygen atoms in total. The smallest absolute Gasteiger partial charge is 0.120 e. The summed E-state index contributed by atoms with van der Waals surface area (Å²) < 4.78 is 12.3. The van der Waals surface area contributed by atoms with Gasteiger partial charge >= 0.3 is 0 Å². The Morgan fingerprint density at radius 1 is 1.47 bits per heavy atom. The second-order valence-electron chi connectivity index (χ2n) is 4.33. The van der Waals surface area contributed by atoms with Gasteiger partial charge in [-0.25, -0.2) is 0 Å². The summed E-state index contributed by atoms with van der Waals surface area (Å²) in [5.74, 6) is 0.896. The summed E-state index contributed by atoms with van der Waals surface area (Å²) >= 11 is 3.43. The van der Waals surface area contributed by atoms with Gasteiger partial charge in [-0.1, -0.05) is 22.0 Å². The van der Waals surface area contributed by atoms with Gasteiger partial charge < -0.3 is 15.2 Å². The van der Waals surface area contributed by atoms with E-state index in [-0.39, 0.29) is 18.5 Å². The Hall–Kier alpha value is -0.330. The third kappa shape index (κ3) is 5.67. The molecule has 2 N–H and O–H groups in total. The van der Waals surface area contributed by atoms with E-state index in [0.717, 1.165) is 36.5 Å². The van der Waals surface area contributed by atoms with Crippen molar-refractivity contribution < 1.29 is 9.47 Å². The molecule has 1 aromatic rings. The maximum absolute atomic E-state index is 5.71. The Kier molecular flexibility index (Phi) is 7.71. The molecule has 19 heavy (non-hydrogen) atoms. The summed E-state index contributed by atoms with van der Waals surface area (Å²) in [6.45, 7) is 4.80. The van der Waals surface area contributed by atoms with Crippen LogP contribution >= 0.6 is 28.3 Å². The maximum atomic E-state index is 5.71. The molecule has 2 rings (SSSR count). The van der Waals surface area contributed by atoms with Gasteiger partial charge in [0.2, 0.25) is 0 Å². The number of benzene rings is 1. The van der Waals surface area contributed by atoms with Crippen LogP contribution < -0.4 is 10.5 Å². The second kappa shape index (κ2) is 8.76. The molecular weight excluding hydrogens is 332 g/mol. The van der Waals surface area contributed by atoms with E-state index in [1.54, 1.807) is 0 Å². The van der Waals surface area contributed by atoms with Crippen LogP contribution in [-0.4, -0.2) is 50.4 Å². The normalized spacial score (nSPS) is 19.8. The first-order valence-corrected chi connectivity index (χ1v) is 6.99. The molecule has 1 aliphatic rings. The summed E-state index contributed by atoms with van der Waals surface area (Å²) in [4.78, 5) is 2.33. The minimum Gasteiger partial charge on any atom is -0.492 e. The van der Waals surface area contributed by atoms with Gasteiger partial charge in [-0.3, -0.25) is 4.90 Å². The topological polar surface area (TPSA) is 47.7 Å². The molecule has 0 aromatic heterocycles. The molecule has 1 aromatic carbocycles. The Labute approximate surface area is 128 Å². The van der Waals surface area contributed by atoms with Gasteiger partial charge in [0.05, 0.1) is 12.7 Å². The number of hydrogen-bond acceptors (Lipinski definition) is 4. The van der Waals surface area contributed by atoms with Crippen LogP contribution in [0, 0.1) is 0 Å². The molecule has 0 aliphatic carbocycles. The molecule has 1 aliphatic heterocycles. The predicted octanol–water partition coefficient (Wildman–Crippen LogP) is 1.91. The number of rotatable bonds is 5. The van der Waals surface area contributed by atoms with Crippen LogP contribution in [0.15, 0.2) is 28.7 Å². The minimum atomic E-state index is 0. The molecule has 1 atom stereocenters. The molecule has 0 spiro atoms. The van der Waals surface area contributed by atoms with Gasteiger partial charge in [0, 0.05) is 30.7 Å². The van der Waals surface area contributed by atoms with Crippen molar-refractivity contribution in [3.63, 3.8) is 0 Å². The number of nitrogens with two attached hydrogens (primary N) is 1. The van der Waals surface area contributed by atoms with Crippen LogP contribution in [0.2, 0.25) is 0 Å². The van der Waals surface area contributed by atoms with Crippen molar-refractivity contribution in [1.29, 1.82) is 0 Å². The fourth-order valence-corrected chi connectivity index (χ4v) is 2.35. The van der Waals surface area contributed by atoms with E-state index in [1.165, 1.54) is 0 Å². The van der Waals surface area contributed by atoms with Crippen molar-refractivity contribution in [1.82, 2.24) is 4.90 Å². The number of nitrogens with zero attached hydrogens (tertiary/aromatic N) is 1. The highest BCUT2D eigenvalue weighted by Gasteiger charge is 2.18. The lowest BCUT2D eigenvalue weighted by molar-refractivity contribution is -0.0261. The highest BCUT2D eigenvalue weighted by atomic mass is 79.9. The van der Waals surface area contributed by atoms with Crippen molar-refractivity contribution in [3.8, 4) is 5.75 Å². The van der Waals surface area contributed by atoms with Crippen molar-refractivity contribution in [2.75, 3.05) is 39.4 Å². The Bertz CT molecular complexity index is 381. The summed E-state index contributed by atoms with van der Waals surface area (Å²) in [5, 5.41) is 0. The van der Waals surface area contributed by atoms with Crippen molar-refractivity contribution in [2.24, 2.45) is 5.73 Å². The zero-order chi connectivity index (χ0) is 12.8. The molecular formula is C13H20BrClN2O2. The van der Waals surface area contributed by atoms with E-state index >= 15 is 0 Å². The van der Waals surface area contributed by atoms with Gasteiger partial charge in [0.1, 0.15) is 12.4 Å². The van der Waals surface area contributed by atoms with E-state index in [4.69, 9.17) is 15.2 Å². The third-order valence-corrected chi connectivity index (χ3v) is 3.45. The summed E-state index contributed by atoms with van der Waals surface area (Å²) in [6, 6.07) is 7.90. The SMILES string of the molecule is Cl.NCC1CN(CCOc2cccc(Br)c2)CCO1. The van der Waals surface area contributed by atoms with E-state index in [1.807, 2.05) is 24.3 Å². The lowest BCUT2D eigenvalue weighted by Gasteiger charge is -2.32. The Morgan fingerprint density at radius 3 is 3.05 bits per heavy atom. The molecule has 0 radical (unpaired) electrons. The minimum absolute atomic E-state index is 0. The lowest BCUT2D eigenvalue weighted by Crippen LogP contribution is -2.46. The zero-order valence-electron chi connectivity index (χ0n) is 10.8. The van der Waals surface area contributed by atoms with Crippen LogP contribution in [0.25, 0.3) is 0 Å². The summed E-state index contributed by atoms with van der Waals surface area (Å²) in [5.41, 5.74) is 5.61. The molecule has 6 heteroatoms. The molecule has 1 saturated heterocycles. The lowest BCUT2D eigenvalue weighted by atomic mass is 10.3. The molecule has 1 heterocycles. The quantitative estimate of drug-likeness (QED) is 0.880. The monoisotopic (exact) mass is 350 g/mol. The standard InChI is InChI=1S/C13H19BrN2O2.ClH/c14-11-2-1-3-12(8-11)17-6-4-16-5-7-18-13(9-15)10-16;/h1-3,8,13H,4-7,9-10,15H2;1H. The number of morpholine rings is 1. The molecule has 1 unspecified atom stereocenters. The molecule has 1 fully saturated rings. The fraction of sp³-hybridized carbons (Fsp3) is 0.538. The van der Waals surface area contributed by atoms with Gasteiger partial charge in [-0.2, -0.15) is 0 Å². The van der Waals surface area contributed by atoms with Crippen LogP contribution in [0.5, 0.6) is 5.75 Å². The number of halogens is 2. The van der Waals surface area contributed by atoms with Crippen LogP contribution in [-0.2, 0) is 4.74 Å². The number of ether oxygens (including phenoxy) is 2. The van der Waals surface area contributed by atoms with Gasteiger partial charge in [-0.05, 0) is 18.2 Å². The summed E-state index contributed by atoms with van der Waals surface area (Å²) in [6.07, 6.45) is 0.171.